The summed E-state index contributed by atoms with van der Waals surface area (Å²) >= 11 is 0. The van der Waals surface area contributed by atoms with Gasteiger partial charge in [-0.05, 0) is 18.2 Å². The lowest BCUT2D eigenvalue weighted by molar-refractivity contribution is -0.0212. The van der Waals surface area contributed by atoms with Crippen LogP contribution in [0.25, 0.3) is 11.1 Å². The molecule has 0 aliphatic carbocycles. The number of carbonyl (C=O) groups is 1. The van der Waals surface area contributed by atoms with E-state index in [0.717, 1.165) is 11.1 Å². The Morgan fingerprint density at radius 1 is 1.45 bits per heavy atom. The summed E-state index contributed by atoms with van der Waals surface area (Å²) in [6.07, 6.45) is 3.46. The molecule has 0 bridgehead atoms. The van der Waals surface area contributed by atoms with Crippen molar-refractivity contribution in [2.24, 2.45) is 0 Å². The predicted molar refractivity (Wildman–Crippen MR) is 73.9 cm³/mol. The molecule has 0 saturated carbocycles. The van der Waals surface area contributed by atoms with Crippen molar-refractivity contribution in [1.82, 2.24) is 10.2 Å². The highest BCUT2D eigenvalue weighted by Crippen LogP contribution is 2.30. The van der Waals surface area contributed by atoms with Crippen molar-refractivity contribution in [1.29, 1.82) is 0 Å². The maximum Gasteiger partial charge on any atom is 0.338 e. The summed E-state index contributed by atoms with van der Waals surface area (Å²) < 4.78 is 14.3. The number of ether oxygens (including phenoxy) is 3. The van der Waals surface area contributed by atoms with E-state index in [1.807, 2.05) is 6.07 Å². The number of aromatic nitrogens is 2. The zero-order valence-electron chi connectivity index (χ0n) is 11.4. The Balaban J connectivity index is 2.19. The molecule has 0 saturated heterocycles. The van der Waals surface area contributed by atoms with E-state index in [9.17, 15) is 4.79 Å². The highest BCUT2D eigenvalue weighted by atomic mass is 16.6. The van der Waals surface area contributed by atoms with Crippen LogP contribution in [0.4, 0.5) is 0 Å². The average molecular weight is 277 g/mol. The molecular formula is C14H17N2O4+. The Labute approximate surface area is 116 Å². The third-order valence-corrected chi connectivity index (χ3v) is 2.79. The van der Waals surface area contributed by atoms with E-state index < -0.39 is 0 Å². The van der Waals surface area contributed by atoms with Crippen LogP contribution in [0.2, 0.25) is 0 Å². The molecule has 6 heteroatoms. The second kappa shape index (κ2) is 6.72. The molecule has 0 atom stereocenters. The summed E-state index contributed by atoms with van der Waals surface area (Å²) in [5, 5.41) is 6.64. The lowest BCUT2D eigenvalue weighted by Crippen LogP contribution is -2.11. The lowest BCUT2D eigenvalue weighted by Gasteiger charge is -2.09. The van der Waals surface area contributed by atoms with E-state index in [0.29, 0.717) is 17.9 Å². The van der Waals surface area contributed by atoms with Crippen LogP contribution in [0, 0.1) is 0 Å². The number of methoxy groups -OCH3 is 1. The van der Waals surface area contributed by atoms with Gasteiger partial charge in [0.15, 0.2) is 13.2 Å². The summed E-state index contributed by atoms with van der Waals surface area (Å²) in [7, 11) is 3.24. The molecule has 2 rings (SSSR count). The SMILES string of the molecule is COc1cc(C(=O)OCC[OH+]C)ccc1-c1cn[nH]c1. The summed E-state index contributed by atoms with van der Waals surface area (Å²) in [5.41, 5.74) is 2.21. The first-order valence-corrected chi connectivity index (χ1v) is 6.16. The van der Waals surface area contributed by atoms with Crippen molar-refractivity contribution in [3.8, 4) is 16.9 Å². The zero-order valence-corrected chi connectivity index (χ0v) is 11.4. The quantitative estimate of drug-likeness (QED) is 0.492. The summed E-state index contributed by atoms with van der Waals surface area (Å²) in [6.45, 7) is 0.775. The number of aromatic amines is 1. The van der Waals surface area contributed by atoms with Crippen molar-refractivity contribution < 1.29 is 19.0 Å². The molecule has 1 aromatic heterocycles. The number of hydrogen-bond acceptors (Lipinski definition) is 4. The molecule has 20 heavy (non-hydrogen) atoms. The number of aliphatic hydroxyl groups is 2. The van der Waals surface area contributed by atoms with Gasteiger partial charge in [0.1, 0.15) is 12.9 Å². The summed E-state index contributed by atoms with van der Waals surface area (Å²) in [5.74, 6) is 0.215. The second-order valence-electron chi connectivity index (χ2n) is 4.08. The number of nitrogens with one attached hydrogen (secondary N) is 1. The Hall–Kier alpha value is -2.34. The van der Waals surface area contributed by atoms with Gasteiger partial charge >= 0.3 is 5.97 Å². The van der Waals surface area contributed by atoms with E-state index >= 15 is 0 Å². The number of nitrogens with zero attached hydrogens (tertiary/aromatic N) is 1. The summed E-state index contributed by atoms with van der Waals surface area (Å²) in [4.78, 5) is 11.8. The van der Waals surface area contributed by atoms with Crippen LogP contribution < -0.4 is 4.74 Å². The molecule has 0 radical (unpaired) electrons. The monoisotopic (exact) mass is 277 g/mol. The van der Waals surface area contributed by atoms with Crippen molar-refractivity contribution in [2.75, 3.05) is 27.4 Å². The largest absolute Gasteiger partial charge is 0.496 e. The van der Waals surface area contributed by atoms with Crippen LogP contribution in [0.15, 0.2) is 30.6 Å². The van der Waals surface area contributed by atoms with Gasteiger partial charge in [-0.2, -0.15) is 5.10 Å². The fraction of sp³-hybridized carbons (Fsp3) is 0.286. The number of rotatable bonds is 6. The maximum absolute atomic E-state index is 11.8. The Morgan fingerprint density at radius 3 is 2.95 bits per heavy atom. The summed E-state index contributed by atoms with van der Waals surface area (Å²) in [6, 6.07) is 5.18. The Kier molecular flexibility index (Phi) is 4.73. The van der Waals surface area contributed by atoms with Gasteiger partial charge in [-0.25, -0.2) is 4.79 Å². The minimum atomic E-state index is -0.384. The van der Waals surface area contributed by atoms with Gasteiger partial charge in [-0.3, -0.25) is 5.10 Å². The van der Waals surface area contributed by atoms with Crippen LogP contribution >= 0.6 is 0 Å². The molecule has 106 valence electrons. The number of H-pyrrole nitrogens is 1. The van der Waals surface area contributed by atoms with Crippen molar-refractivity contribution in [3.05, 3.63) is 36.2 Å². The molecular weight excluding hydrogens is 260 g/mol. The number of hydrogen-bond donors (Lipinski definition) is 1. The van der Waals surface area contributed by atoms with Crippen molar-refractivity contribution >= 4 is 5.97 Å². The number of esters is 1. The van der Waals surface area contributed by atoms with Crippen LogP contribution in [0.3, 0.4) is 0 Å². The normalized spacial score (nSPS) is 10.3. The smallest absolute Gasteiger partial charge is 0.338 e. The number of carbonyl (C=O) groups excluding carboxylic acids is 1. The van der Waals surface area contributed by atoms with Crippen LogP contribution in [0.1, 0.15) is 10.4 Å². The standard InChI is InChI=1S/C14H16N2O4/c1-18-5-6-20-14(17)10-3-4-12(13(7-10)19-2)11-8-15-16-9-11/h3-4,7-9H,5-6H2,1-2H3,(H,15,16)/p+1. The van der Waals surface area contributed by atoms with Gasteiger partial charge in [0.2, 0.25) is 0 Å². The minimum absolute atomic E-state index is 0.279. The Bertz CT molecular complexity index is 567. The first-order chi connectivity index (χ1) is 9.76. The van der Waals surface area contributed by atoms with E-state index in [-0.39, 0.29) is 12.6 Å². The van der Waals surface area contributed by atoms with Gasteiger partial charge in [-0.1, -0.05) is 0 Å². The molecule has 0 aliphatic rings. The fourth-order valence-corrected chi connectivity index (χ4v) is 1.77. The van der Waals surface area contributed by atoms with Crippen LogP contribution in [-0.4, -0.2) is 48.3 Å². The fourth-order valence-electron chi connectivity index (χ4n) is 1.77. The van der Waals surface area contributed by atoms with E-state index in [1.165, 1.54) is 0 Å². The molecule has 0 fully saturated rings. The molecule has 0 amide bonds. The molecule has 1 aromatic carbocycles. The van der Waals surface area contributed by atoms with Gasteiger partial charge < -0.3 is 14.2 Å². The highest BCUT2D eigenvalue weighted by Gasteiger charge is 2.13. The van der Waals surface area contributed by atoms with Gasteiger partial charge in [-0.15, -0.1) is 0 Å². The molecule has 0 unspecified atom stereocenters. The first-order valence-electron chi connectivity index (χ1n) is 6.16. The molecule has 2 aromatic rings. The zero-order chi connectivity index (χ0) is 14.4. The van der Waals surface area contributed by atoms with Crippen molar-refractivity contribution in [3.63, 3.8) is 0 Å². The third-order valence-electron chi connectivity index (χ3n) is 2.79. The molecule has 1 heterocycles. The molecule has 2 N–H and O–H groups in total. The minimum Gasteiger partial charge on any atom is -0.496 e. The van der Waals surface area contributed by atoms with Crippen molar-refractivity contribution in [2.45, 2.75) is 0 Å². The molecule has 0 spiro atoms. The highest BCUT2D eigenvalue weighted by molar-refractivity contribution is 5.91. The lowest BCUT2D eigenvalue weighted by atomic mass is 10.1. The van der Waals surface area contributed by atoms with Gasteiger partial charge in [0.05, 0.1) is 18.9 Å². The van der Waals surface area contributed by atoms with Crippen LogP contribution in [0.5, 0.6) is 5.75 Å². The Morgan fingerprint density at radius 2 is 2.30 bits per heavy atom. The topological polar surface area (TPSA) is 77.0 Å². The average Bonchev–Trinajstić information content (AvgIpc) is 3.00. The maximum atomic E-state index is 11.8. The first kappa shape index (κ1) is 14.1. The van der Waals surface area contributed by atoms with Crippen LogP contribution in [-0.2, 0) is 4.74 Å². The van der Waals surface area contributed by atoms with E-state index in [2.05, 4.69) is 14.9 Å². The van der Waals surface area contributed by atoms with Gasteiger partial charge in [0.25, 0.3) is 0 Å². The van der Waals surface area contributed by atoms with E-state index in [4.69, 9.17) is 9.47 Å². The molecule has 0 aliphatic heterocycles. The van der Waals surface area contributed by atoms with Gasteiger partial charge in [0, 0.05) is 17.3 Å². The predicted octanol–water partition coefficient (Wildman–Crippen LogP) is 1.40. The number of benzene rings is 1. The third kappa shape index (κ3) is 3.16. The van der Waals surface area contributed by atoms with E-state index in [1.54, 1.807) is 38.7 Å². The molecule has 6 nitrogen and oxygen atoms in total. The second-order valence-corrected chi connectivity index (χ2v) is 4.08.